The molecular weight excluding hydrogens is 432 g/mol. The molecule has 6 N–H and O–H groups in total. The van der Waals surface area contributed by atoms with Crippen LogP contribution in [0.25, 0.3) is 0 Å². The number of hydrogen-bond acceptors (Lipinski definition) is 8. The first kappa shape index (κ1) is 30.1. The summed E-state index contributed by atoms with van der Waals surface area (Å²) >= 11 is 8.17. The van der Waals surface area contributed by atoms with Crippen LogP contribution in [-0.4, -0.2) is 69.0 Å². The lowest BCUT2D eigenvalue weighted by Gasteiger charge is -1.96. The zero-order valence-corrected chi connectivity index (χ0v) is 18.0. The monoisotopic (exact) mass is 460 g/mol. The number of rotatable bonds is 6. The average molecular weight is 461 g/mol. The molecule has 0 unspecified atom stereocenters. The molecular formula is C20H28O8S2. The van der Waals surface area contributed by atoms with Crippen molar-refractivity contribution in [1.29, 1.82) is 0 Å². The number of benzene rings is 2. The number of thiol groups is 2. The molecule has 2 aromatic rings. The van der Waals surface area contributed by atoms with E-state index >= 15 is 0 Å². The number of aliphatic carboxylic acids is 2. The highest BCUT2D eigenvalue weighted by Gasteiger charge is 1.99. The van der Waals surface area contributed by atoms with E-state index in [0.29, 0.717) is 0 Å². The third-order valence-electron chi connectivity index (χ3n) is 2.73. The Hall–Kier alpha value is -2.08. The van der Waals surface area contributed by atoms with Gasteiger partial charge in [0.2, 0.25) is 0 Å². The Kier molecular flexibility index (Phi) is 20.3. The molecule has 168 valence electrons. The van der Waals surface area contributed by atoms with Gasteiger partial charge in [-0.3, -0.25) is 9.59 Å². The molecule has 0 heterocycles. The molecule has 0 saturated carbocycles. The van der Waals surface area contributed by atoms with E-state index in [2.05, 4.69) is 25.3 Å². The molecule has 0 aliphatic heterocycles. The molecule has 8 nitrogen and oxygen atoms in total. The van der Waals surface area contributed by atoms with Crippen LogP contribution in [0.1, 0.15) is 11.1 Å². The van der Waals surface area contributed by atoms with E-state index in [9.17, 15) is 9.59 Å². The summed E-state index contributed by atoms with van der Waals surface area (Å²) in [5, 5.41) is 47.4. The van der Waals surface area contributed by atoms with Gasteiger partial charge < -0.3 is 30.6 Å². The maximum atomic E-state index is 10.3. The zero-order chi connectivity index (χ0) is 23.4. The van der Waals surface area contributed by atoms with Crippen molar-refractivity contribution < 1.29 is 40.2 Å². The van der Waals surface area contributed by atoms with E-state index in [0.717, 1.165) is 20.9 Å². The Morgan fingerprint density at radius 1 is 0.633 bits per heavy atom. The molecule has 0 saturated heterocycles. The quantitative estimate of drug-likeness (QED) is 0.299. The summed E-state index contributed by atoms with van der Waals surface area (Å²) in [6.07, 6.45) is 0.128. The highest BCUT2D eigenvalue weighted by Crippen LogP contribution is 2.09. The van der Waals surface area contributed by atoms with E-state index in [-0.39, 0.29) is 39.3 Å². The molecule has 0 radical (unpaired) electrons. The normalized spacial score (nSPS) is 9.00. The summed E-state index contributed by atoms with van der Waals surface area (Å²) < 4.78 is 0. The second-order valence-corrected chi connectivity index (χ2v) is 6.41. The molecule has 0 aliphatic carbocycles. The van der Waals surface area contributed by atoms with Crippen LogP contribution >= 0.6 is 25.3 Å². The lowest BCUT2D eigenvalue weighted by Crippen LogP contribution is -1.99. The molecule has 2 aromatic carbocycles. The molecule has 0 atom stereocenters. The van der Waals surface area contributed by atoms with E-state index in [1.54, 1.807) is 36.4 Å². The average Bonchev–Trinajstić information content (AvgIpc) is 2.68. The van der Waals surface area contributed by atoms with Gasteiger partial charge in [-0.2, -0.15) is 0 Å². The van der Waals surface area contributed by atoms with Crippen molar-refractivity contribution in [2.45, 2.75) is 22.6 Å². The fourth-order valence-electron chi connectivity index (χ4n) is 1.68. The first-order valence-corrected chi connectivity index (χ1v) is 9.52. The number of carboxylic acids is 2. The number of aliphatic hydroxyl groups is 4. The van der Waals surface area contributed by atoms with Crippen LogP contribution < -0.4 is 0 Å². The Bertz CT molecular complexity index is 660. The Morgan fingerprint density at radius 2 is 0.933 bits per heavy atom. The summed E-state index contributed by atoms with van der Waals surface area (Å²) in [6, 6.07) is 14.3. The number of aliphatic hydroxyl groups excluding tert-OH is 4. The number of carbonyl (C=O) groups is 2. The molecule has 2 rings (SSSR count). The highest BCUT2D eigenvalue weighted by atomic mass is 32.1. The highest BCUT2D eigenvalue weighted by molar-refractivity contribution is 7.80. The van der Waals surface area contributed by atoms with Crippen LogP contribution in [-0.2, 0) is 22.4 Å². The van der Waals surface area contributed by atoms with Crippen molar-refractivity contribution >= 4 is 37.2 Å². The Morgan fingerprint density at radius 3 is 1.13 bits per heavy atom. The maximum Gasteiger partial charge on any atom is 0.307 e. The number of hydrogen-bond donors (Lipinski definition) is 8. The van der Waals surface area contributed by atoms with Crippen LogP contribution in [0.5, 0.6) is 0 Å². The zero-order valence-electron chi connectivity index (χ0n) is 16.3. The van der Waals surface area contributed by atoms with Gasteiger partial charge in [0.1, 0.15) is 0 Å². The third-order valence-corrected chi connectivity index (χ3v) is 3.29. The minimum absolute atomic E-state index is 0.0639. The molecule has 0 fully saturated rings. The van der Waals surface area contributed by atoms with Gasteiger partial charge in [0.25, 0.3) is 0 Å². The van der Waals surface area contributed by atoms with Gasteiger partial charge >= 0.3 is 11.9 Å². The Balaban J connectivity index is 0. The topological polar surface area (TPSA) is 156 Å². The van der Waals surface area contributed by atoms with Gasteiger partial charge in [0.05, 0.1) is 39.3 Å². The van der Waals surface area contributed by atoms with Gasteiger partial charge in [-0.1, -0.05) is 24.3 Å². The third kappa shape index (κ3) is 20.6. The van der Waals surface area contributed by atoms with Crippen LogP contribution in [0.2, 0.25) is 0 Å². The molecule has 10 heteroatoms. The SMILES string of the molecule is O=C(O)Cc1cccc(S)c1.O=C(O)Cc1cccc(S)c1.OCCO.OCCO. The van der Waals surface area contributed by atoms with Crippen molar-refractivity contribution in [2.75, 3.05) is 26.4 Å². The van der Waals surface area contributed by atoms with Crippen molar-refractivity contribution in [1.82, 2.24) is 0 Å². The largest absolute Gasteiger partial charge is 0.481 e. The van der Waals surface area contributed by atoms with Gasteiger partial charge in [-0.05, 0) is 35.4 Å². The molecule has 0 bridgehead atoms. The van der Waals surface area contributed by atoms with E-state index < -0.39 is 11.9 Å². The summed E-state index contributed by atoms with van der Waals surface area (Å²) in [6.45, 7) is -0.500. The van der Waals surface area contributed by atoms with Crippen molar-refractivity contribution in [3.63, 3.8) is 0 Å². The molecule has 0 spiro atoms. The van der Waals surface area contributed by atoms with E-state index in [4.69, 9.17) is 30.6 Å². The molecule has 0 aromatic heterocycles. The maximum absolute atomic E-state index is 10.3. The fourth-order valence-corrected chi connectivity index (χ4v) is 2.19. The first-order chi connectivity index (χ1) is 14.2. The lowest BCUT2D eigenvalue weighted by molar-refractivity contribution is -0.137. The van der Waals surface area contributed by atoms with Gasteiger partial charge in [0.15, 0.2) is 0 Å². The molecule has 0 aliphatic rings. The smallest absolute Gasteiger partial charge is 0.307 e. The van der Waals surface area contributed by atoms with Gasteiger partial charge in [-0.25, -0.2) is 0 Å². The van der Waals surface area contributed by atoms with Crippen LogP contribution in [0.3, 0.4) is 0 Å². The van der Waals surface area contributed by atoms with Gasteiger partial charge in [0, 0.05) is 9.79 Å². The predicted octanol–water partition coefficient (Wildman–Crippen LogP) is 1.15. The van der Waals surface area contributed by atoms with Crippen LogP contribution in [0.15, 0.2) is 58.3 Å². The van der Waals surface area contributed by atoms with Crippen molar-refractivity contribution in [3.05, 3.63) is 59.7 Å². The molecule has 0 amide bonds. The summed E-state index contributed by atoms with van der Waals surface area (Å²) in [7, 11) is 0. The summed E-state index contributed by atoms with van der Waals surface area (Å²) in [4.78, 5) is 22.1. The fraction of sp³-hybridized carbons (Fsp3) is 0.300. The van der Waals surface area contributed by atoms with Crippen molar-refractivity contribution in [3.8, 4) is 0 Å². The van der Waals surface area contributed by atoms with Crippen LogP contribution in [0.4, 0.5) is 0 Å². The second-order valence-electron chi connectivity index (χ2n) is 5.38. The summed E-state index contributed by atoms with van der Waals surface area (Å²) in [5.74, 6) is -1.63. The second kappa shape index (κ2) is 20.2. The van der Waals surface area contributed by atoms with E-state index in [1.807, 2.05) is 12.1 Å². The predicted molar refractivity (Wildman–Crippen MR) is 118 cm³/mol. The minimum atomic E-state index is -0.816. The van der Waals surface area contributed by atoms with Gasteiger partial charge in [-0.15, -0.1) is 25.3 Å². The number of carboxylic acid groups (broad SMARTS) is 2. The van der Waals surface area contributed by atoms with Crippen molar-refractivity contribution in [2.24, 2.45) is 0 Å². The van der Waals surface area contributed by atoms with E-state index in [1.165, 1.54) is 0 Å². The summed E-state index contributed by atoms with van der Waals surface area (Å²) in [5.41, 5.74) is 1.56. The Labute approximate surface area is 186 Å². The first-order valence-electron chi connectivity index (χ1n) is 8.62. The standard InChI is InChI=1S/2C8H8O2S.2C2H6O2/c2*9-8(10)5-6-2-1-3-7(11)4-6;2*3-1-2-4/h2*1-4,11H,5H2,(H,9,10);2*3-4H,1-2H2. The lowest BCUT2D eigenvalue weighted by atomic mass is 10.2. The molecule has 30 heavy (non-hydrogen) atoms. The van der Waals surface area contributed by atoms with Crippen LogP contribution in [0, 0.1) is 0 Å². The minimum Gasteiger partial charge on any atom is -0.481 e.